The van der Waals surface area contributed by atoms with Crippen LogP contribution in [0.3, 0.4) is 0 Å². The maximum atomic E-state index is 9.67. The number of nitrogens with two attached hydrogens (primary N) is 2. The van der Waals surface area contributed by atoms with Crippen LogP contribution in [0.4, 0.5) is 5.82 Å². The van der Waals surface area contributed by atoms with Crippen molar-refractivity contribution in [2.45, 2.75) is 25.5 Å². The molecule has 72 valence electrons. The van der Waals surface area contributed by atoms with Gasteiger partial charge in [-0.3, -0.25) is 0 Å². The van der Waals surface area contributed by atoms with E-state index in [1.54, 1.807) is 18.3 Å². The summed E-state index contributed by atoms with van der Waals surface area (Å²) in [5.74, 6) is 0.445. The van der Waals surface area contributed by atoms with E-state index in [2.05, 4.69) is 4.98 Å². The summed E-state index contributed by atoms with van der Waals surface area (Å²) in [6, 6.07) is 3.15. The van der Waals surface area contributed by atoms with Gasteiger partial charge in [0.2, 0.25) is 0 Å². The van der Waals surface area contributed by atoms with E-state index in [1.807, 2.05) is 6.92 Å². The second-order valence-corrected chi connectivity index (χ2v) is 3.03. The number of pyridine rings is 1. The fourth-order valence-electron chi connectivity index (χ4n) is 1.06. The van der Waals surface area contributed by atoms with Gasteiger partial charge in [0.05, 0.1) is 6.10 Å². The molecule has 0 fully saturated rings. The lowest BCUT2D eigenvalue weighted by Gasteiger charge is -2.16. The highest BCUT2D eigenvalue weighted by Gasteiger charge is 2.14. The van der Waals surface area contributed by atoms with Gasteiger partial charge in [0, 0.05) is 17.8 Å². The quantitative estimate of drug-likeness (QED) is 0.631. The third kappa shape index (κ3) is 2.40. The van der Waals surface area contributed by atoms with Crippen LogP contribution in [0, 0.1) is 0 Å². The minimum atomic E-state index is -0.655. The molecule has 0 saturated carbocycles. The Balaban J connectivity index is 2.77. The Bertz CT molecular complexity index is 260. The lowest BCUT2D eigenvalue weighted by molar-refractivity contribution is 0.144. The second-order valence-electron chi connectivity index (χ2n) is 3.03. The van der Waals surface area contributed by atoms with Gasteiger partial charge >= 0.3 is 0 Å². The smallest absolute Gasteiger partial charge is 0.123 e. The number of hydrogen-bond donors (Lipinski definition) is 3. The largest absolute Gasteiger partial charge is 0.387 e. The fraction of sp³-hybridized carbons (Fsp3) is 0.444. The first kappa shape index (κ1) is 9.95. The van der Waals surface area contributed by atoms with E-state index in [4.69, 9.17) is 11.5 Å². The number of aliphatic hydroxyl groups excluding tert-OH is 1. The maximum absolute atomic E-state index is 9.67. The zero-order valence-electron chi connectivity index (χ0n) is 7.64. The summed E-state index contributed by atoms with van der Waals surface area (Å²) >= 11 is 0. The molecule has 1 aromatic heterocycles. The van der Waals surface area contributed by atoms with Gasteiger partial charge in [-0.05, 0) is 12.5 Å². The molecule has 13 heavy (non-hydrogen) atoms. The molecular weight excluding hydrogens is 166 g/mol. The number of rotatable bonds is 3. The van der Waals surface area contributed by atoms with Gasteiger partial charge in [0.15, 0.2) is 0 Å². The van der Waals surface area contributed by atoms with Gasteiger partial charge in [0.25, 0.3) is 0 Å². The van der Waals surface area contributed by atoms with E-state index in [9.17, 15) is 5.11 Å². The van der Waals surface area contributed by atoms with Gasteiger partial charge in [-0.2, -0.15) is 0 Å². The van der Waals surface area contributed by atoms with E-state index >= 15 is 0 Å². The number of aromatic nitrogens is 1. The monoisotopic (exact) mass is 181 g/mol. The van der Waals surface area contributed by atoms with Crippen molar-refractivity contribution in [1.82, 2.24) is 4.98 Å². The van der Waals surface area contributed by atoms with Crippen LogP contribution in [0.2, 0.25) is 0 Å². The minimum Gasteiger partial charge on any atom is -0.387 e. The van der Waals surface area contributed by atoms with E-state index in [1.165, 1.54) is 0 Å². The Morgan fingerprint density at radius 3 is 2.69 bits per heavy atom. The van der Waals surface area contributed by atoms with Crippen LogP contribution in [0.15, 0.2) is 18.3 Å². The van der Waals surface area contributed by atoms with E-state index in [0.717, 1.165) is 6.42 Å². The molecule has 0 aliphatic rings. The molecule has 0 unspecified atom stereocenters. The van der Waals surface area contributed by atoms with Crippen LogP contribution < -0.4 is 11.5 Å². The van der Waals surface area contributed by atoms with Gasteiger partial charge in [-0.1, -0.05) is 13.0 Å². The van der Waals surface area contributed by atoms with Crippen molar-refractivity contribution < 1.29 is 5.11 Å². The standard InChI is InChI=1S/C9H15N3O/c1-2-7(10)9(13)6-3-4-8(11)12-5-6/h3-5,7,9,13H,2,10H2,1H3,(H2,11,12)/t7-,9+/m1/s1. The predicted octanol–water partition coefficient (Wildman–Crippen LogP) is 0.434. The van der Waals surface area contributed by atoms with Gasteiger partial charge in [-0.15, -0.1) is 0 Å². The van der Waals surface area contributed by atoms with Crippen LogP contribution in [-0.4, -0.2) is 16.1 Å². The highest BCUT2D eigenvalue weighted by atomic mass is 16.3. The Morgan fingerprint density at radius 1 is 1.54 bits per heavy atom. The number of nitrogen functional groups attached to an aromatic ring is 1. The van der Waals surface area contributed by atoms with E-state index < -0.39 is 6.10 Å². The molecule has 0 aliphatic heterocycles. The molecule has 2 atom stereocenters. The fourth-order valence-corrected chi connectivity index (χ4v) is 1.06. The summed E-state index contributed by atoms with van der Waals surface area (Å²) in [4.78, 5) is 3.88. The first-order valence-electron chi connectivity index (χ1n) is 4.30. The second kappa shape index (κ2) is 4.20. The van der Waals surface area contributed by atoms with Crippen LogP contribution in [-0.2, 0) is 0 Å². The van der Waals surface area contributed by atoms with Crippen molar-refractivity contribution >= 4 is 5.82 Å². The third-order valence-corrected chi connectivity index (χ3v) is 2.03. The molecule has 0 saturated heterocycles. The zero-order valence-corrected chi connectivity index (χ0v) is 7.64. The highest BCUT2D eigenvalue weighted by Crippen LogP contribution is 2.16. The minimum absolute atomic E-state index is 0.245. The summed E-state index contributed by atoms with van der Waals surface area (Å²) < 4.78 is 0. The van der Waals surface area contributed by atoms with Crippen LogP contribution in [0.5, 0.6) is 0 Å². The lowest BCUT2D eigenvalue weighted by atomic mass is 10.0. The summed E-state index contributed by atoms with van der Waals surface area (Å²) in [6.45, 7) is 1.93. The Hall–Kier alpha value is -1.13. The van der Waals surface area contributed by atoms with E-state index in [0.29, 0.717) is 11.4 Å². The molecule has 0 amide bonds. The molecule has 0 aliphatic carbocycles. The van der Waals surface area contributed by atoms with Crippen molar-refractivity contribution in [1.29, 1.82) is 0 Å². The summed E-state index contributed by atoms with van der Waals surface area (Å²) in [6.07, 6.45) is 1.62. The average molecular weight is 181 g/mol. The zero-order chi connectivity index (χ0) is 9.84. The number of nitrogens with zero attached hydrogens (tertiary/aromatic N) is 1. The molecular formula is C9H15N3O. The van der Waals surface area contributed by atoms with Crippen molar-refractivity contribution in [2.24, 2.45) is 5.73 Å². The Morgan fingerprint density at radius 2 is 2.23 bits per heavy atom. The molecule has 1 heterocycles. The van der Waals surface area contributed by atoms with Crippen LogP contribution in [0.1, 0.15) is 25.0 Å². The highest BCUT2D eigenvalue weighted by molar-refractivity contribution is 5.30. The van der Waals surface area contributed by atoms with Crippen LogP contribution in [0.25, 0.3) is 0 Å². The Kier molecular flexibility index (Phi) is 3.22. The SMILES string of the molecule is CC[C@@H](N)[C@@H](O)c1ccc(N)nc1. The summed E-state index contributed by atoms with van der Waals surface area (Å²) in [5.41, 5.74) is 11.8. The first-order chi connectivity index (χ1) is 6.15. The molecule has 4 nitrogen and oxygen atoms in total. The topological polar surface area (TPSA) is 85.2 Å². The Labute approximate surface area is 77.6 Å². The van der Waals surface area contributed by atoms with Crippen molar-refractivity contribution in [2.75, 3.05) is 5.73 Å². The van der Waals surface area contributed by atoms with Gasteiger partial charge in [-0.25, -0.2) is 4.98 Å². The normalized spacial score (nSPS) is 15.3. The molecule has 4 heteroatoms. The summed E-state index contributed by atoms with van der Waals surface area (Å²) in [5, 5.41) is 9.67. The molecule has 1 rings (SSSR count). The number of aliphatic hydroxyl groups is 1. The molecule has 0 spiro atoms. The van der Waals surface area contributed by atoms with Crippen molar-refractivity contribution in [3.63, 3.8) is 0 Å². The number of anilines is 1. The lowest BCUT2D eigenvalue weighted by Crippen LogP contribution is -2.27. The van der Waals surface area contributed by atoms with E-state index in [-0.39, 0.29) is 6.04 Å². The molecule has 0 radical (unpaired) electrons. The van der Waals surface area contributed by atoms with Crippen molar-refractivity contribution in [3.05, 3.63) is 23.9 Å². The van der Waals surface area contributed by atoms with Gasteiger partial charge < -0.3 is 16.6 Å². The molecule has 0 bridgehead atoms. The van der Waals surface area contributed by atoms with Crippen molar-refractivity contribution in [3.8, 4) is 0 Å². The first-order valence-corrected chi connectivity index (χ1v) is 4.30. The average Bonchev–Trinajstić information content (AvgIpc) is 2.17. The summed E-state index contributed by atoms with van der Waals surface area (Å²) in [7, 11) is 0. The van der Waals surface area contributed by atoms with Gasteiger partial charge in [0.1, 0.15) is 5.82 Å². The molecule has 1 aromatic rings. The number of hydrogen-bond acceptors (Lipinski definition) is 4. The molecule has 0 aromatic carbocycles. The maximum Gasteiger partial charge on any atom is 0.123 e. The third-order valence-electron chi connectivity index (χ3n) is 2.03. The predicted molar refractivity (Wildman–Crippen MR) is 51.9 cm³/mol. The van der Waals surface area contributed by atoms with Crippen LogP contribution >= 0.6 is 0 Å². The molecule has 5 N–H and O–H groups in total.